The number of hydrogen-bond donors (Lipinski definition) is 0. The molecule has 0 aliphatic carbocycles. The number of carbonyl (C=O) groups excluding carboxylic acids is 1. The summed E-state index contributed by atoms with van der Waals surface area (Å²) in [5.74, 6) is -0.718. The third kappa shape index (κ3) is 2.34. The number of aldehydes is 1. The minimum absolute atomic E-state index is 0.120. The summed E-state index contributed by atoms with van der Waals surface area (Å²) in [4.78, 5) is 14.6. The van der Waals surface area contributed by atoms with E-state index in [1.165, 1.54) is 18.3 Å². The first-order valence-corrected chi connectivity index (χ1v) is 5.91. The number of halogens is 4. The maximum atomic E-state index is 13.5. The van der Waals surface area contributed by atoms with Crippen LogP contribution in [0.3, 0.4) is 0 Å². The third-order valence-electron chi connectivity index (χ3n) is 2.36. The van der Waals surface area contributed by atoms with Gasteiger partial charge in [-0.15, -0.1) is 0 Å². The van der Waals surface area contributed by atoms with Gasteiger partial charge in [-0.05, 0) is 12.1 Å². The van der Waals surface area contributed by atoms with Crippen LogP contribution in [0.4, 0.5) is 4.39 Å². The molecule has 1 heterocycles. The summed E-state index contributed by atoms with van der Waals surface area (Å²) in [6.45, 7) is 0. The third-order valence-corrected chi connectivity index (χ3v) is 3.39. The number of pyridine rings is 1. The van der Waals surface area contributed by atoms with Crippen LogP contribution in [0.2, 0.25) is 15.1 Å². The number of benzene rings is 1. The van der Waals surface area contributed by atoms with Crippen LogP contribution >= 0.6 is 34.8 Å². The van der Waals surface area contributed by atoms with Crippen LogP contribution in [-0.4, -0.2) is 11.3 Å². The molecule has 0 saturated heterocycles. The van der Waals surface area contributed by atoms with Gasteiger partial charge in [0.1, 0.15) is 0 Å². The Kier molecular flexibility index (Phi) is 3.85. The maximum Gasteiger partial charge on any atom is 0.153 e. The van der Waals surface area contributed by atoms with E-state index < -0.39 is 5.82 Å². The van der Waals surface area contributed by atoms with E-state index >= 15 is 0 Å². The Morgan fingerprint density at radius 1 is 1.00 bits per heavy atom. The molecule has 0 N–H and O–H groups in total. The van der Waals surface area contributed by atoms with Gasteiger partial charge >= 0.3 is 0 Å². The normalized spacial score (nSPS) is 10.4. The van der Waals surface area contributed by atoms with Crippen molar-refractivity contribution in [2.45, 2.75) is 0 Å². The fourth-order valence-electron chi connectivity index (χ4n) is 1.51. The van der Waals surface area contributed by atoms with Crippen LogP contribution in [0, 0.1) is 5.82 Å². The standard InChI is InChI=1S/C12H5Cl3FNO/c13-9-2-11(15)10(14)1-6(9)7-3-17-4-12(16)8(7)5-18/h1-5H. The lowest BCUT2D eigenvalue weighted by Gasteiger charge is -2.09. The number of carbonyl (C=O) groups is 1. The predicted molar refractivity (Wildman–Crippen MR) is 70.0 cm³/mol. The zero-order valence-corrected chi connectivity index (χ0v) is 11.0. The average Bonchev–Trinajstić information content (AvgIpc) is 2.33. The van der Waals surface area contributed by atoms with Crippen LogP contribution in [0.5, 0.6) is 0 Å². The SMILES string of the molecule is O=Cc1c(F)cncc1-c1cc(Cl)c(Cl)cc1Cl. The molecular weight excluding hydrogens is 299 g/mol. The largest absolute Gasteiger partial charge is 0.298 e. The minimum Gasteiger partial charge on any atom is -0.298 e. The fourth-order valence-corrected chi connectivity index (χ4v) is 2.16. The van der Waals surface area contributed by atoms with Crippen molar-refractivity contribution in [2.24, 2.45) is 0 Å². The van der Waals surface area contributed by atoms with Gasteiger partial charge in [0.05, 0.1) is 26.8 Å². The molecule has 0 radical (unpaired) electrons. The molecule has 6 heteroatoms. The average molecular weight is 305 g/mol. The molecule has 0 aliphatic rings. The van der Waals surface area contributed by atoms with Gasteiger partial charge in [0, 0.05) is 17.3 Å². The van der Waals surface area contributed by atoms with Crippen LogP contribution < -0.4 is 0 Å². The first-order chi connectivity index (χ1) is 8.54. The molecule has 0 fully saturated rings. The van der Waals surface area contributed by atoms with E-state index in [1.54, 1.807) is 0 Å². The molecular formula is C12H5Cl3FNO. The highest BCUT2D eigenvalue weighted by Gasteiger charge is 2.14. The van der Waals surface area contributed by atoms with Crippen molar-refractivity contribution in [1.82, 2.24) is 4.98 Å². The van der Waals surface area contributed by atoms with Gasteiger partial charge in [-0.25, -0.2) is 4.39 Å². The summed E-state index contributed by atoms with van der Waals surface area (Å²) < 4.78 is 13.5. The first kappa shape index (κ1) is 13.3. The van der Waals surface area contributed by atoms with Gasteiger partial charge in [-0.3, -0.25) is 9.78 Å². The fraction of sp³-hybridized carbons (Fsp3) is 0. The van der Waals surface area contributed by atoms with Crippen molar-refractivity contribution in [2.75, 3.05) is 0 Å². The lowest BCUT2D eigenvalue weighted by Crippen LogP contribution is -1.95. The Hall–Kier alpha value is -1.16. The highest BCUT2D eigenvalue weighted by molar-refractivity contribution is 6.44. The monoisotopic (exact) mass is 303 g/mol. The van der Waals surface area contributed by atoms with Gasteiger partial charge < -0.3 is 0 Å². The van der Waals surface area contributed by atoms with Crippen molar-refractivity contribution in [3.63, 3.8) is 0 Å². The number of rotatable bonds is 2. The number of aromatic nitrogens is 1. The molecule has 0 bridgehead atoms. The van der Waals surface area contributed by atoms with Crippen molar-refractivity contribution >= 4 is 41.1 Å². The number of hydrogen-bond acceptors (Lipinski definition) is 2. The van der Waals surface area contributed by atoms with Crippen LogP contribution in [0.1, 0.15) is 10.4 Å². The summed E-state index contributed by atoms with van der Waals surface area (Å²) in [6.07, 6.45) is 2.71. The van der Waals surface area contributed by atoms with Crippen molar-refractivity contribution < 1.29 is 9.18 Å². The second-order valence-electron chi connectivity index (χ2n) is 3.45. The van der Waals surface area contributed by atoms with E-state index in [0.717, 1.165) is 6.20 Å². The topological polar surface area (TPSA) is 30.0 Å². The molecule has 0 unspecified atom stereocenters. The van der Waals surface area contributed by atoms with E-state index in [4.69, 9.17) is 34.8 Å². The van der Waals surface area contributed by atoms with E-state index in [9.17, 15) is 9.18 Å². The summed E-state index contributed by atoms with van der Waals surface area (Å²) in [5.41, 5.74) is 0.555. The molecule has 0 aliphatic heterocycles. The van der Waals surface area contributed by atoms with E-state index in [-0.39, 0.29) is 26.2 Å². The summed E-state index contributed by atoms with van der Waals surface area (Å²) >= 11 is 17.7. The van der Waals surface area contributed by atoms with Gasteiger partial charge in [0.25, 0.3) is 0 Å². The lowest BCUT2D eigenvalue weighted by molar-refractivity contribution is 0.112. The predicted octanol–water partition coefficient (Wildman–Crippen LogP) is 4.66. The Morgan fingerprint density at radius 3 is 2.33 bits per heavy atom. The van der Waals surface area contributed by atoms with Gasteiger partial charge in [-0.2, -0.15) is 0 Å². The highest BCUT2D eigenvalue weighted by atomic mass is 35.5. The maximum absolute atomic E-state index is 13.5. The van der Waals surface area contributed by atoms with Crippen LogP contribution in [0.25, 0.3) is 11.1 Å². The Bertz CT molecular complexity index is 631. The molecule has 0 saturated carbocycles. The lowest BCUT2D eigenvalue weighted by atomic mass is 10.0. The smallest absolute Gasteiger partial charge is 0.153 e. The van der Waals surface area contributed by atoms with Gasteiger partial charge in [-0.1, -0.05) is 34.8 Å². The van der Waals surface area contributed by atoms with Crippen molar-refractivity contribution in [3.05, 3.63) is 51.0 Å². The molecule has 0 amide bonds. The van der Waals surface area contributed by atoms with Crippen LogP contribution in [-0.2, 0) is 0 Å². The van der Waals surface area contributed by atoms with Crippen molar-refractivity contribution in [3.8, 4) is 11.1 Å². The summed E-state index contributed by atoms with van der Waals surface area (Å²) in [5, 5.41) is 0.805. The Balaban J connectivity index is 2.73. The molecule has 0 atom stereocenters. The molecule has 0 spiro atoms. The molecule has 2 aromatic rings. The first-order valence-electron chi connectivity index (χ1n) is 4.78. The Morgan fingerprint density at radius 2 is 1.67 bits per heavy atom. The summed E-state index contributed by atoms with van der Waals surface area (Å²) in [6, 6.07) is 2.90. The number of nitrogens with zero attached hydrogens (tertiary/aromatic N) is 1. The van der Waals surface area contributed by atoms with E-state index in [2.05, 4.69) is 4.98 Å². The van der Waals surface area contributed by atoms with Crippen LogP contribution in [0.15, 0.2) is 24.5 Å². The zero-order chi connectivity index (χ0) is 13.3. The highest BCUT2D eigenvalue weighted by Crippen LogP contribution is 2.36. The van der Waals surface area contributed by atoms with Gasteiger partial charge in [0.2, 0.25) is 0 Å². The molecule has 1 aromatic carbocycles. The Labute approximate surface area is 117 Å². The molecule has 2 nitrogen and oxygen atoms in total. The second kappa shape index (κ2) is 5.22. The summed E-state index contributed by atoms with van der Waals surface area (Å²) in [7, 11) is 0. The molecule has 1 aromatic heterocycles. The van der Waals surface area contributed by atoms with Crippen molar-refractivity contribution in [1.29, 1.82) is 0 Å². The quantitative estimate of drug-likeness (QED) is 0.596. The van der Waals surface area contributed by atoms with E-state index in [1.807, 2.05) is 0 Å². The molecule has 2 rings (SSSR count). The van der Waals surface area contributed by atoms with Gasteiger partial charge in [0.15, 0.2) is 12.1 Å². The zero-order valence-electron chi connectivity index (χ0n) is 8.75. The molecule has 92 valence electrons. The minimum atomic E-state index is -0.718. The second-order valence-corrected chi connectivity index (χ2v) is 4.67. The molecule has 18 heavy (non-hydrogen) atoms. The van der Waals surface area contributed by atoms with E-state index in [0.29, 0.717) is 11.8 Å².